The zero-order valence-electron chi connectivity index (χ0n) is 10.1. The lowest BCUT2D eigenvalue weighted by Gasteiger charge is -2.23. The average molecular weight is 248 g/mol. The molecular formula is C13H12O5. The van der Waals surface area contributed by atoms with Crippen molar-refractivity contribution >= 4 is 11.8 Å². The SMILES string of the molecule is COC(=O)[C@@]12C[C@H]1C(=O)c1ccc(OC)cc1O2. The van der Waals surface area contributed by atoms with Crippen molar-refractivity contribution in [2.24, 2.45) is 5.92 Å². The Hall–Kier alpha value is -2.04. The maximum absolute atomic E-state index is 12.2. The van der Waals surface area contributed by atoms with Crippen LogP contribution in [0.4, 0.5) is 0 Å². The molecule has 1 aromatic carbocycles. The molecule has 94 valence electrons. The number of hydrogen-bond donors (Lipinski definition) is 0. The van der Waals surface area contributed by atoms with Crippen LogP contribution in [-0.2, 0) is 9.53 Å². The highest BCUT2D eigenvalue weighted by molar-refractivity contribution is 6.09. The van der Waals surface area contributed by atoms with Crippen LogP contribution in [0.2, 0.25) is 0 Å². The summed E-state index contributed by atoms with van der Waals surface area (Å²) in [6.07, 6.45) is 0.384. The molecule has 0 N–H and O–H groups in total. The molecule has 0 aromatic heterocycles. The van der Waals surface area contributed by atoms with Crippen LogP contribution in [0, 0.1) is 5.92 Å². The molecule has 1 aliphatic heterocycles. The summed E-state index contributed by atoms with van der Waals surface area (Å²) in [5.74, 6) is 0.00336. The van der Waals surface area contributed by atoms with E-state index in [0.717, 1.165) is 0 Å². The number of Topliss-reactive ketones (excluding diaryl/α,β-unsaturated/α-hetero) is 1. The molecule has 5 heteroatoms. The molecule has 0 radical (unpaired) electrons. The molecule has 3 rings (SSSR count). The summed E-state index contributed by atoms with van der Waals surface area (Å²) in [5.41, 5.74) is -0.608. The van der Waals surface area contributed by atoms with E-state index in [-0.39, 0.29) is 5.78 Å². The molecule has 0 amide bonds. The highest BCUT2D eigenvalue weighted by Gasteiger charge is 2.70. The summed E-state index contributed by atoms with van der Waals surface area (Å²) in [7, 11) is 2.82. The van der Waals surface area contributed by atoms with Crippen molar-refractivity contribution in [1.82, 2.24) is 0 Å². The van der Waals surface area contributed by atoms with Crippen molar-refractivity contribution in [3.8, 4) is 11.5 Å². The number of ketones is 1. The molecule has 0 bridgehead atoms. The molecule has 2 aliphatic rings. The van der Waals surface area contributed by atoms with Crippen LogP contribution in [0.3, 0.4) is 0 Å². The highest BCUT2D eigenvalue weighted by atomic mass is 16.6. The molecule has 0 saturated heterocycles. The number of ether oxygens (including phenoxy) is 3. The van der Waals surface area contributed by atoms with Gasteiger partial charge in [-0.25, -0.2) is 4.79 Å². The lowest BCUT2D eigenvalue weighted by Crippen LogP contribution is -2.38. The molecule has 0 unspecified atom stereocenters. The van der Waals surface area contributed by atoms with E-state index in [0.29, 0.717) is 23.5 Å². The molecular weight excluding hydrogens is 236 g/mol. The van der Waals surface area contributed by atoms with Gasteiger partial charge in [0.2, 0.25) is 5.60 Å². The minimum Gasteiger partial charge on any atom is -0.497 e. The second-order valence-corrected chi connectivity index (χ2v) is 4.47. The Labute approximate surface area is 104 Å². The quantitative estimate of drug-likeness (QED) is 0.736. The Morgan fingerprint density at radius 1 is 1.44 bits per heavy atom. The minimum atomic E-state index is -1.11. The van der Waals surface area contributed by atoms with Crippen LogP contribution in [-0.4, -0.2) is 31.6 Å². The molecule has 2 atom stereocenters. The van der Waals surface area contributed by atoms with Crippen LogP contribution in [0.5, 0.6) is 11.5 Å². The number of carbonyl (C=O) groups excluding carboxylic acids is 2. The summed E-state index contributed by atoms with van der Waals surface area (Å²) < 4.78 is 15.5. The normalized spacial score (nSPS) is 27.7. The van der Waals surface area contributed by atoms with Crippen LogP contribution in [0.1, 0.15) is 16.8 Å². The van der Waals surface area contributed by atoms with Gasteiger partial charge in [0, 0.05) is 12.5 Å². The van der Waals surface area contributed by atoms with Crippen molar-refractivity contribution < 1.29 is 23.8 Å². The minimum absolute atomic E-state index is 0.0655. The van der Waals surface area contributed by atoms with Crippen molar-refractivity contribution in [2.75, 3.05) is 14.2 Å². The van der Waals surface area contributed by atoms with E-state index in [1.54, 1.807) is 18.2 Å². The number of benzene rings is 1. The lowest BCUT2D eigenvalue weighted by molar-refractivity contribution is -0.152. The largest absolute Gasteiger partial charge is 0.497 e. The molecule has 0 spiro atoms. The van der Waals surface area contributed by atoms with E-state index in [1.807, 2.05) is 0 Å². The monoisotopic (exact) mass is 248 g/mol. The van der Waals surface area contributed by atoms with Gasteiger partial charge in [-0.2, -0.15) is 0 Å². The first kappa shape index (κ1) is 11.1. The molecule has 5 nitrogen and oxygen atoms in total. The second-order valence-electron chi connectivity index (χ2n) is 4.47. The smallest absolute Gasteiger partial charge is 0.351 e. The van der Waals surface area contributed by atoms with Crippen molar-refractivity contribution in [3.63, 3.8) is 0 Å². The van der Waals surface area contributed by atoms with E-state index in [4.69, 9.17) is 14.2 Å². The van der Waals surface area contributed by atoms with E-state index in [9.17, 15) is 9.59 Å². The molecule has 1 aromatic rings. The summed E-state index contributed by atoms with van der Waals surface area (Å²) in [4.78, 5) is 23.9. The lowest BCUT2D eigenvalue weighted by atomic mass is 10.0. The van der Waals surface area contributed by atoms with Gasteiger partial charge in [0.25, 0.3) is 0 Å². The van der Waals surface area contributed by atoms with E-state index in [1.165, 1.54) is 14.2 Å². The van der Waals surface area contributed by atoms with Crippen molar-refractivity contribution in [1.29, 1.82) is 0 Å². The third kappa shape index (κ3) is 1.27. The maximum Gasteiger partial charge on any atom is 0.351 e. The summed E-state index contributed by atoms with van der Waals surface area (Å²) in [5, 5.41) is 0. The van der Waals surface area contributed by atoms with Gasteiger partial charge in [0.1, 0.15) is 11.5 Å². The second kappa shape index (κ2) is 3.48. The first-order chi connectivity index (χ1) is 8.62. The fourth-order valence-electron chi connectivity index (χ4n) is 2.40. The number of rotatable bonds is 2. The van der Waals surface area contributed by atoms with Gasteiger partial charge in [0.05, 0.1) is 25.7 Å². The van der Waals surface area contributed by atoms with Gasteiger partial charge in [0.15, 0.2) is 5.78 Å². The third-order valence-electron chi connectivity index (χ3n) is 3.50. The first-order valence-corrected chi connectivity index (χ1v) is 5.62. The fourth-order valence-corrected chi connectivity index (χ4v) is 2.40. The number of carbonyl (C=O) groups is 2. The van der Waals surface area contributed by atoms with Gasteiger partial charge in [-0.1, -0.05) is 0 Å². The summed E-state index contributed by atoms with van der Waals surface area (Å²) >= 11 is 0. The Kier molecular flexibility index (Phi) is 2.14. The molecule has 1 fully saturated rings. The first-order valence-electron chi connectivity index (χ1n) is 5.62. The Bertz CT molecular complexity index is 550. The van der Waals surface area contributed by atoms with Crippen LogP contribution < -0.4 is 9.47 Å². The van der Waals surface area contributed by atoms with Crippen molar-refractivity contribution in [3.05, 3.63) is 23.8 Å². The number of methoxy groups -OCH3 is 2. The number of hydrogen-bond acceptors (Lipinski definition) is 5. The fraction of sp³-hybridized carbons (Fsp3) is 0.385. The van der Waals surface area contributed by atoms with Gasteiger partial charge >= 0.3 is 5.97 Å². The van der Waals surface area contributed by atoms with Crippen LogP contribution >= 0.6 is 0 Å². The standard InChI is InChI=1S/C13H12O5/c1-16-7-3-4-8-10(5-7)18-13(12(15)17-2)6-9(13)11(8)14/h3-5,9H,6H2,1-2H3/t9-,13+/m0/s1. The maximum atomic E-state index is 12.2. The van der Waals surface area contributed by atoms with Gasteiger partial charge in [-0.3, -0.25) is 4.79 Å². The topological polar surface area (TPSA) is 61.8 Å². The van der Waals surface area contributed by atoms with Gasteiger partial charge in [-0.05, 0) is 12.1 Å². The Balaban J connectivity index is 2.03. The molecule has 1 heterocycles. The van der Waals surface area contributed by atoms with E-state index >= 15 is 0 Å². The number of esters is 1. The Morgan fingerprint density at radius 3 is 2.89 bits per heavy atom. The van der Waals surface area contributed by atoms with Crippen molar-refractivity contribution in [2.45, 2.75) is 12.0 Å². The molecule has 1 saturated carbocycles. The van der Waals surface area contributed by atoms with Crippen LogP contribution in [0.15, 0.2) is 18.2 Å². The summed E-state index contributed by atoms with van der Waals surface area (Å²) in [6.45, 7) is 0. The number of fused-ring (bicyclic) bond motifs is 2. The third-order valence-corrected chi connectivity index (χ3v) is 3.50. The zero-order chi connectivity index (χ0) is 12.9. The van der Waals surface area contributed by atoms with Crippen LogP contribution in [0.25, 0.3) is 0 Å². The van der Waals surface area contributed by atoms with Gasteiger partial charge < -0.3 is 14.2 Å². The molecule has 18 heavy (non-hydrogen) atoms. The average Bonchev–Trinajstić information content (AvgIpc) is 3.13. The highest BCUT2D eigenvalue weighted by Crippen LogP contribution is 2.54. The van der Waals surface area contributed by atoms with E-state index < -0.39 is 17.5 Å². The Morgan fingerprint density at radius 2 is 2.22 bits per heavy atom. The predicted molar refractivity (Wildman–Crippen MR) is 60.8 cm³/mol. The predicted octanol–water partition coefficient (Wildman–Crippen LogP) is 1.20. The zero-order valence-corrected chi connectivity index (χ0v) is 10.1. The van der Waals surface area contributed by atoms with E-state index in [2.05, 4.69) is 0 Å². The van der Waals surface area contributed by atoms with Gasteiger partial charge in [-0.15, -0.1) is 0 Å². The molecule has 1 aliphatic carbocycles. The summed E-state index contributed by atoms with van der Waals surface area (Å²) in [6, 6.07) is 4.98.